The summed E-state index contributed by atoms with van der Waals surface area (Å²) in [6, 6.07) is 3.83. The molecule has 3 rings (SSSR count). The molecular weight excluding hydrogens is 352 g/mol. The van der Waals surface area contributed by atoms with E-state index in [1.54, 1.807) is 0 Å². The Bertz CT molecular complexity index is 943. The van der Waals surface area contributed by atoms with Crippen LogP contribution in [0.15, 0.2) is 35.9 Å². The molecule has 2 atom stereocenters. The van der Waals surface area contributed by atoms with Crippen molar-refractivity contribution in [3.8, 4) is 0 Å². The van der Waals surface area contributed by atoms with Crippen molar-refractivity contribution < 1.29 is 18.7 Å². The minimum absolute atomic E-state index is 0.0834. The molecule has 0 saturated carbocycles. The fourth-order valence-electron chi connectivity index (χ4n) is 3.46. The van der Waals surface area contributed by atoms with Gasteiger partial charge in [-0.1, -0.05) is 18.2 Å². The number of hydrogen-bond acceptors (Lipinski definition) is 3. The van der Waals surface area contributed by atoms with E-state index in [-0.39, 0.29) is 18.2 Å². The predicted molar refractivity (Wildman–Crippen MR) is 102 cm³/mol. The highest BCUT2D eigenvalue weighted by Gasteiger charge is 2.20. The smallest absolute Gasteiger partial charge is 0.323 e. The van der Waals surface area contributed by atoms with E-state index in [1.165, 1.54) is 0 Å². The molecule has 1 aliphatic carbocycles. The maximum Gasteiger partial charge on any atom is 0.323 e. The van der Waals surface area contributed by atoms with Crippen molar-refractivity contribution in [3.05, 3.63) is 52.9 Å². The summed E-state index contributed by atoms with van der Waals surface area (Å²) < 4.78 is 21.7. The van der Waals surface area contributed by atoms with Crippen LogP contribution in [0.2, 0.25) is 0 Å². The molecular formula is C19H22N2O4S. The molecule has 0 bridgehead atoms. The molecule has 1 aliphatic rings. The van der Waals surface area contributed by atoms with Crippen LogP contribution in [0.4, 0.5) is 0 Å². The average molecular weight is 374 g/mol. The summed E-state index contributed by atoms with van der Waals surface area (Å²) in [4.78, 5) is 15.9. The highest BCUT2D eigenvalue weighted by Crippen LogP contribution is 2.30. The monoisotopic (exact) mass is 374 g/mol. The fraction of sp³-hybridized carbons (Fsp3) is 0.368. The van der Waals surface area contributed by atoms with Gasteiger partial charge in [0, 0.05) is 11.4 Å². The Morgan fingerprint density at radius 2 is 2.15 bits per heavy atom. The van der Waals surface area contributed by atoms with Gasteiger partial charge in [0.25, 0.3) is 0 Å². The quantitative estimate of drug-likeness (QED) is 0.758. The molecule has 2 aromatic rings. The molecule has 7 heteroatoms. The molecule has 2 N–H and O–H groups in total. The third-order valence-corrected chi connectivity index (χ3v) is 5.33. The lowest BCUT2D eigenvalue weighted by Gasteiger charge is -2.16. The summed E-state index contributed by atoms with van der Waals surface area (Å²) in [5.74, 6) is -0.462. The molecule has 2 unspecified atom stereocenters. The van der Waals surface area contributed by atoms with Crippen LogP contribution in [0.1, 0.15) is 23.4 Å². The Kier molecular flexibility index (Phi) is 5.38. The second-order valence-electron chi connectivity index (χ2n) is 6.67. The first-order valence-corrected chi connectivity index (χ1v) is 9.74. The van der Waals surface area contributed by atoms with Crippen LogP contribution in [-0.2, 0) is 28.8 Å². The minimum atomic E-state index is -1.83. The normalized spacial score (nSPS) is 18.1. The molecule has 138 valence electrons. The van der Waals surface area contributed by atoms with Gasteiger partial charge in [-0.2, -0.15) is 0 Å². The maximum absolute atomic E-state index is 11.2. The zero-order chi connectivity index (χ0) is 18.8. The number of aliphatic carboxylic acids is 1. The van der Waals surface area contributed by atoms with Gasteiger partial charge in [0.1, 0.15) is 6.54 Å². The van der Waals surface area contributed by atoms with Crippen molar-refractivity contribution in [3.63, 3.8) is 0 Å². The Morgan fingerprint density at radius 1 is 1.38 bits per heavy atom. The van der Waals surface area contributed by atoms with Gasteiger partial charge >= 0.3 is 5.97 Å². The average Bonchev–Trinajstić information content (AvgIpc) is 2.81. The highest BCUT2D eigenvalue weighted by atomic mass is 32.2. The second kappa shape index (κ2) is 7.55. The van der Waals surface area contributed by atoms with Crippen LogP contribution in [-0.4, -0.2) is 35.1 Å². The maximum atomic E-state index is 11.2. The van der Waals surface area contributed by atoms with E-state index < -0.39 is 17.0 Å². The lowest BCUT2D eigenvalue weighted by Crippen LogP contribution is -2.11. The summed E-state index contributed by atoms with van der Waals surface area (Å²) in [7, 11) is 0. The van der Waals surface area contributed by atoms with Gasteiger partial charge in [-0.15, -0.1) is 0 Å². The summed E-state index contributed by atoms with van der Waals surface area (Å²) in [6.07, 6.45) is 7.53. The molecule has 2 aromatic heterocycles. The zero-order valence-electron chi connectivity index (χ0n) is 14.8. The van der Waals surface area contributed by atoms with E-state index in [2.05, 4.69) is 11.1 Å². The number of carboxylic acids is 1. The third kappa shape index (κ3) is 3.94. The molecule has 0 spiro atoms. The molecule has 0 amide bonds. The zero-order valence-corrected chi connectivity index (χ0v) is 15.6. The SMILES string of the molecule is Cc1ccc2c(n1)c(CC1C=CC(CS(=O)O)=CC1)c(C)n2CC(=O)O. The van der Waals surface area contributed by atoms with Crippen molar-refractivity contribution in [2.45, 2.75) is 33.2 Å². The molecule has 2 heterocycles. The van der Waals surface area contributed by atoms with E-state index in [4.69, 9.17) is 4.55 Å². The number of nitrogens with zero attached hydrogens (tertiary/aromatic N) is 2. The molecule has 26 heavy (non-hydrogen) atoms. The lowest BCUT2D eigenvalue weighted by molar-refractivity contribution is -0.137. The van der Waals surface area contributed by atoms with Crippen LogP contribution in [0.3, 0.4) is 0 Å². The number of aromatic nitrogens is 2. The van der Waals surface area contributed by atoms with Gasteiger partial charge in [-0.3, -0.25) is 9.78 Å². The molecule has 6 nitrogen and oxygen atoms in total. The Morgan fingerprint density at radius 3 is 2.77 bits per heavy atom. The van der Waals surface area contributed by atoms with Crippen molar-refractivity contribution in [2.75, 3.05) is 5.75 Å². The first kappa shape index (κ1) is 18.5. The van der Waals surface area contributed by atoms with Gasteiger partial charge < -0.3 is 14.2 Å². The standard InChI is InChI=1S/C19H22N2O4S/c1-12-3-8-17-19(20-12)16(13(2)21(17)10-18(22)23)9-14-4-6-15(7-5-14)11-26(24)25/h3-4,6-8,14H,5,9-11H2,1-2H3,(H,22,23)(H,24,25). The van der Waals surface area contributed by atoms with Crippen LogP contribution in [0, 0.1) is 19.8 Å². The van der Waals surface area contributed by atoms with Crippen molar-refractivity contribution >= 4 is 28.1 Å². The van der Waals surface area contributed by atoms with Crippen LogP contribution in [0.5, 0.6) is 0 Å². The lowest BCUT2D eigenvalue weighted by atomic mass is 9.91. The molecule has 0 aliphatic heterocycles. The molecule has 0 fully saturated rings. The second-order valence-corrected chi connectivity index (χ2v) is 7.60. The number of carboxylic acid groups (broad SMARTS) is 1. The van der Waals surface area contributed by atoms with Crippen molar-refractivity contribution in [1.29, 1.82) is 0 Å². The summed E-state index contributed by atoms with van der Waals surface area (Å²) >= 11 is -1.83. The van der Waals surface area contributed by atoms with Crippen LogP contribution in [0.25, 0.3) is 11.0 Å². The number of rotatable bonds is 6. The molecule has 0 aromatic carbocycles. The van der Waals surface area contributed by atoms with Gasteiger partial charge in [0.05, 0.1) is 16.8 Å². The van der Waals surface area contributed by atoms with Gasteiger partial charge in [-0.05, 0) is 55.9 Å². The van der Waals surface area contributed by atoms with E-state index in [1.807, 2.05) is 42.7 Å². The minimum Gasteiger partial charge on any atom is -0.480 e. The number of aryl methyl sites for hydroxylation is 1. The number of allylic oxidation sites excluding steroid dienone is 3. The van der Waals surface area contributed by atoms with E-state index in [0.29, 0.717) is 0 Å². The first-order valence-electron chi connectivity index (χ1n) is 8.47. The molecule has 0 radical (unpaired) electrons. The number of fused-ring (bicyclic) bond motifs is 1. The number of carbonyl (C=O) groups is 1. The van der Waals surface area contributed by atoms with Crippen molar-refractivity contribution in [1.82, 2.24) is 9.55 Å². The van der Waals surface area contributed by atoms with Gasteiger partial charge in [0.15, 0.2) is 11.1 Å². The van der Waals surface area contributed by atoms with Crippen LogP contribution < -0.4 is 0 Å². The Hall–Kier alpha value is -2.25. The van der Waals surface area contributed by atoms with Gasteiger partial charge in [0.2, 0.25) is 0 Å². The van der Waals surface area contributed by atoms with E-state index >= 15 is 0 Å². The first-order chi connectivity index (χ1) is 12.3. The third-order valence-electron chi connectivity index (χ3n) is 4.75. The number of pyridine rings is 1. The van der Waals surface area contributed by atoms with E-state index in [0.717, 1.165) is 46.4 Å². The Labute approximate surface area is 154 Å². The van der Waals surface area contributed by atoms with Crippen molar-refractivity contribution in [2.24, 2.45) is 5.92 Å². The summed E-state index contributed by atoms with van der Waals surface area (Å²) in [5.41, 5.74) is 5.49. The Balaban J connectivity index is 1.91. The van der Waals surface area contributed by atoms with Gasteiger partial charge in [-0.25, -0.2) is 4.21 Å². The topological polar surface area (TPSA) is 92.4 Å². The van der Waals surface area contributed by atoms with E-state index in [9.17, 15) is 14.1 Å². The summed E-state index contributed by atoms with van der Waals surface area (Å²) in [6.45, 7) is 3.79. The fourth-order valence-corrected chi connectivity index (χ4v) is 3.96. The molecule has 0 saturated heterocycles. The summed E-state index contributed by atoms with van der Waals surface area (Å²) in [5, 5.41) is 9.23. The predicted octanol–water partition coefficient (Wildman–Crippen LogP) is 3.00. The highest BCUT2D eigenvalue weighted by molar-refractivity contribution is 7.79. The number of hydrogen-bond donors (Lipinski definition) is 2. The largest absolute Gasteiger partial charge is 0.480 e. The van der Waals surface area contributed by atoms with Crippen LogP contribution >= 0.6 is 0 Å².